The molecule has 1 heterocycles. The first-order valence-electron chi connectivity index (χ1n) is 4.43. The number of benzene rings is 1. The summed E-state index contributed by atoms with van der Waals surface area (Å²) >= 11 is 0. The molecule has 14 heavy (non-hydrogen) atoms. The minimum Gasteiger partial charge on any atom is -0.392 e. The number of nitrogens with zero attached hydrogens (tertiary/aromatic N) is 1. The molecular formula is C12H10NO. The standard InChI is InChI=1S/C12H10NO/c14-9-11-4-1-2-6-12(11)10-5-3-7-13-8-10/h1-6,8,14H,9H2. The Morgan fingerprint density at radius 1 is 1.21 bits per heavy atom. The topological polar surface area (TPSA) is 33.1 Å². The van der Waals surface area contributed by atoms with Crippen molar-refractivity contribution >= 4 is 0 Å². The molecule has 0 saturated heterocycles. The molecule has 0 saturated carbocycles. The summed E-state index contributed by atoms with van der Waals surface area (Å²) < 4.78 is 0. The lowest BCUT2D eigenvalue weighted by Gasteiger charge is -2.05. The molecule has 0 amide bonds. The van der Waals surface area contributed by atoms with Gasteiger partial charge in [0.05, 0.1) is 12.8 Å². The average Bonchev–Trinajstić information content (AvgIpc) is 2.30. The van der Waals surface area contributed by atoms with E-state index in [1.807, 2.05) is 30.3 Å². The molecular weight excluding hydrogens is 174 g/mol. The number of pyridine rings is 1. The van der Waals surface area contributed by atoms with Crippen LogP contribution >= 0.6 is 0 Å². The normalized spacial score (nSPS) is 10.1. The van der Waals surface area contributed by atoms with E-state index < -0.39 is 0 Å². The van der Waals surface area contributed by atoms with Crippen LogP contribution in [0.15, 0.2) is 42.6 Å². The maximum atomic E-state index is 9.15. The van der Waals surface area contributed by atoms with Gasteiger partial charge in [0.2, 0.25) is 0 Å². The van der Waals surface area contributed by atoms with E-state index in [4.69, 9.17) is 5.11 Å². The third-order valence-electron chi connectivity index (χ3n) is 2.11. The van der Waals surface area contributed by atoms with Crippen LogP contribution in [-0.2, 0) is 6.61 Å². The third kappa shape index (κ3) is 1.65. The highest BCUT2D eigenvalue weighted by molar-refractivity contribution is 5.66. The van der Waals surface area contributed by atoms with Crippen molar-refractivity contribution in [3.63, 3.8) is 0 Å². The molecule has 0 unspecified atom stereocenters. The van der Waals surface area contributed by atoms with Gasteiger partial charge in [-0.2, -0.15) is 0 Å². The fourth-order valence-corrected chi connectivity index (χ4v) is 1.42. The van der Waals surface area contributed by atoms with Gasteiger partial charge in [-0.3, -0.25) is 4.98 Å². The number of hydrogen-bond donors (Lipinski definition) is 1. The predicted molar refractivity (Wildman–Crippen MR) is 54.4 cm³/mol. The number of rotatable bonds is 2. The zero-order chi connectivity index (χ0) is 9.80. The largest absolute Gasteiger partial charge is 0.392 e. The number of aliphatic hydroxyl groups is 1. The molecule has 1 N–H and O–H groups in total. The van der Waals surface area contributed by atoms with Crippen molar-refractivity contribution < 1.29 is 5.11 Å². The second kappa shape index (κ2) is 4.03. The van der Waals surface area contributed by atoms with Gasteiger partial charge >= 0.3 is 0 Å². The van der Waals surface area contributed by atoms with Crippen molar-refractivity contribution in [2.24, 2.45) is 0 Å². The predicted octanol–water partition coefficient (Wildman–Crippen LogP) is 2.04. The van der Waals surface area contributed by atoms with Crippen LogP contribution in [0.1, 0.15) is 5.56 Å². The van der Waals surface area contributed by atoms with E-state index in [2.05, 4.69) is 11.2 Å². The number of aromatic nitrogens is 1. The van der Waals surface area contributed by atoms with Crippen molar-refractivity contribution in [3.05, 3.63) is 54.4 Å². The van der Waals surface area contributed by atoms with Crippen LogP contribution in [-0.4, -0.2) is 10.1 Å². The van der Waals surface area contributed by atoms with Crippen LogP contribution < -0.4 is 0 Å². The van der Waals surface area contributed by atoms with Gasteiger partial charge in [-0.05, 0) is 17.2 Å². The fourth-order valence-electron chi connectivity index (χ4n) is 1.42. The van der Waals surface area contributed by atoms with Crippen molar-refractivity contribution in [3.8, 4) is 11.1 Å². The first kappa shape index (κ1) is 8.91. The van der Waals surface area contributed by atoms with Gasteiger partial charge in [-0.25, -0.2) is 0 Å². The van der Waals surface area contributed by atoms with E-state index in [0.717, 1.165) is 16.7 Å². The second-order valence-corrected chi connectivity index (χ2v) is 2.99. The minimum atomic E-state index is 0.0504. The Morgan fingerprint density at radius 3 is 2.79 bits per heavy atom. The van der Waals surface area contributed by atoms with Crippen LogP contribution in [0.25, 0.3) is 11.1 Å². The zero-order valence-electron chi connectivity index (χ0n) is 7.64. The van der Waals surface area contributed by atoms with Crippen LogP contribution in [0.4, 0.5) is 0 Å². The molecule has 0 atom stereocenters. The summed E-state index contributed by atoms with van der Waals surface area (Å²) in [6.45, 7) is 0.0504. The molecule has 69 valence electrons. The summed E-state index contributed by atoms with van der Waals surface area (Å²) in [6.07, 6.45) is 4.47. The molecule has 0 fully saturated rings. The number of aliphatic hydroxyl groups excluding tert-OH is 1. The lowest BCUT2D eigenvalue weighted by molar-refractivity contribution is 0.282. The highest BCUT2D eigenvalue weighted by atomic mass is 16.3. The Hall–Kier alpha value is -1.67. The molecule has 0 aliphatic rings. The first-order chi connectivity index (χ1) is 6.92. The van der Waals surface area contributed by atoms with Gasteiger partial charge < -0.3 is 5.11 Å². The molecule has 1 aromatic heterocycles. The second-order valence-electron chi connectivity index (χ2n) is 2.99. The summed E-state index contributed by atoms with van der Waals surface area (Å²) in [4.78, 5) is 3.93. The molecule has 2 nitrogen and oxygen atoms in total. The summed E-state index contributed by atoms with van der Waals surface area (Å²) in [5.41, 5.74) is 2.95. The first-order valence-corrected chi connectivity index (χ1v) is 4.43. The van der Waals surface area contributed by atoms with Gasteiger partial charge in [0, 0.05) is 11.8 Å². The van der Waals surface area contributed by atoms with Gasteiger partial charge in [-0.1, -0.05) is 30.3 Å². The van der Waals surface area contributed by atoms with Crippen molar-refractivity contribution in [1.29, 1.82) is 0 Å². The maximum absolute atomic E-state index is 9.15. The molecule has 1 aromatic carbocycles. The zero-order valence-corrected chi connectivity index (χ0v) is 7.64. The Morgan fingerprint density at radius 2 is 2.07 bits per heavy atom. The molecule has 2 aromatic rings. The Labute approximate surface area is 82.9 Å². The average molecular weight is 184 g/mol. The SMILES string of the molecule is OCc1ccccc1-c1cc[c]nc1. The summed E-state index contributed by atoms with van der Waals surface area (Å²) in [5.74, 6) is 0. The van der Waals surface area contributed by atoms with Crippen molar-refractivity contribution in [2.45, 2.75) is 6.61 Å². The summed E-state index contributed by atoms with van der Waals surface area (Å²) in [5, 5.41) is 9.15. The lowest BCUT2D eigenvalue weighted by Crippen LogP contribution is -1.88. The van der Waals surface area contributed by atoms with E-state index in [0.29, 0.717) is 0 Å². The van der Waals surface area contributed by atoms with E-state index in [1.165, 1.54) is 0 Å². The Bertz CT molecular complexity index is 412. The summed E-state index contributed by atoms with van der Waals surface area (Å²) in [6, 6.07) is 11.4. The number of hydrogen-bond acceptors (Lipinski definition) is 2. The fraction of sp³-hybridized carbons (Fsp3) is 0.0833. The van der Waals surface area contributed by atoms with Gasteiger partial charge in [-0.15, -0.1) is 0 Å². The highest BCUT2D eigenvalue weighted by Gasteiger charge is 2.02. The van der Waals surface area contributed by atoms with Crippen molar-refractivity contribution in [1.82, 2.24) is 4.98 Å². The molecule has 2 heteroatoms. The third-order valence-corrected chi connectivity index (χ3v) is 2.11. The highest BCUT2D eigenvalue weighted by Crippen LogP contribution is 2.22. The van der Waals surface area contributed by atoms with Crippen LogP contribution in [0.2, 0.25) is 0 Å². The molecule has 0 aliphatic carbocycles. The van der Waals surface area contributed by atoms with Gasteiger partial charge in [0.1, 0.15) is 0 Å². The molecule has 0 aliphatic heterocycles. The molecule has 2 rings (SSSR count). The molecule has 0 spiro atoms. The quantitative estimate of drug-likeness (QED) is 0.774. The van der Waals surface area contributed by atoms with E-state index in [-0.39, 0.29) is 6.61 Å². The van der Waals surface area contributed by atoms with Crippen molar-refractivity contribution in [2.75, 3.05) is 0 Å². The molecule has 1 radical (unpaired) electrons. The van der Waals surface area contributed by atoms with E-state index in [1.54, 1.807) is 12.3 Å². The lowest BCUT2D eigenvalue weighted by atomic mass is 10.0. The Balaban J connectivity index is 2.51. The van der Waals surface area contributed by atoms with Crippen LogP contribution in [0, 0.1) is 6.20 Å². The smallest absolute Gasteiger partial charge is 0.0886 e. The van der Waals surface area contributed by atoms with Gasteiger partial charge in [0.25, 0.3) is 0 Å². The van der Waals surface area contributed by atoms with E-state index >= 15 is 0 Å². The summed E-state index contributed by atoms with van der Waals surface area (Å²) in [7, 11) is 0. The Kier molecular flexibility index (Phi) is 2.56. The van der Waals surface area contributed by atoms with Gasteiger partial charge in [0.15, 0.2) is 0 Å². The maximum Gasteiger partial charge on any atom is 0.0886 e. The van der Waals surface area contributed by atoms with Crippen LogP contribution in [0.5, 0.6) is 0 Å². The minimum absolute atomic E-state index is 0.0504. The monoisotopic (exact) mass is 184 g/mol. The van der Waals surface area contributed by atoms with E-state index in [9.17, 15) is 0 Å². The molecule has 0 bridgehead atoms. The van der Waals surface area contributed by atoms with Crippen LogP contribution in [0.3, 0.4) is 0 Å².